The summed E-state index contributed by atoms with van der Waals surface area (Å²) in [5, 5.41) is 0. The summed E-state index contributed by atoms with van der Waals surface area (Å²) in [6.07, 6.45) is 0. The van der Waals surface area contributed by atoms with Crippen molar-refractivity contribution < 1.29 is 14.3 Å². The molecule has 1 aromatic rings. The summed E-state index contributed by atoms with van der Waals surface area (Å²) < 4.78 is 11.3. The zero-order chi connectivity index (χ0) is 12.8. The molecule has 1 rings (SSSR count). The van der Waals surface area contributed by atoms with E-state index in [-0.39, 0.29) is 5.97 Å². The lowest BCUT2D eigenvalue weighted by atomic mass is 10.2. The highest BCUT2D eigenvalue weighted by Gasteiger charge is 2.10. The molecule has 0 aliphatic rings. The Labute approximate surface area is 110 Å². The van der Waals surface area contributed by atoms with Gasteiger partial charge in [-0.3, -0.25) is 0 Å². The van der Waals surface area contributed by atoms with Crippen LogP contribution in [0.25, 0.3) is 0 Å². The molecule has 0 amide bonds. The maximum atomic E-state index is 11.5. The number of hydrogen-bond acceptors (Lipinski definition) is 3. The van der Waals surface area contributed by atoms with Crippen LogP contribution in [-0.2, 0) is 4.74 Å². The molecule has 0 unspecified atom stereocenters. The molecule has 0 atom stereocenters. The van der Waals surface area contributed by atoms with Crippen molar-refractivity contribution >= 4 is 21.9 Å². The predicted molar refractivity (Wildman–Crippen MR) is 70.4 cm³/mol. The van der Waals surface area contributed by atoms with Gasteiger partial charge in [0.2, 0.25) is 0 Å². The van der Waals surface area contributed by atoms with E-state index in [0.29, 0.717) is 24.7 Å². The highest BCUT2D eigenvalue weighted by Crippen LogP contribution is 2.26. The summed E-state index contributed by atoms with van der Waals surface area (Å²) >= 11 is 3.38. The average Bonchev–Trinajstić information content (AvgIpc) is 2.27. The van der Waals surface area contributed by atoms with E-state index in [4.69, 9.17) is 9.47 Å². The first kappa shape index (κ1) is 14.0. The van der Waals surface area contributed by atoms with Gasteiger partial charge in [0.05, 0.1) is 23.2 Å². The van der Waals surface area contributed by atoms with Gasteiger partial charge in [0.15, 0.2) is 0 Å². The Kier molecular flexibility index (Phi) is 5.48. The van der Waals surface area contributed by atoms with Crippen molar-refractivity contribution in [3.63, 3.8) is 0 Å². The first-order chi connectivity index (χ1) is 8.04. The molecule has 94 valence electrons. The van der Waals surface area contributed by atoms with Crippen molar-refractivity contribution in [1.82, 2.24) is 0 Å². The first-order valence-corrected chi connectivity index (χ1v) is 6.43. The Bertz CT molecular complexity index is 388. The van der Waals surface area contributed by atoms with Gasteiger partial charge < -0.3 is 9.47 Å². The van der Waals surface area contributed by atoms with Gasteiger partial charge >= 0.3 is 5.97 Å². The molecular weight excluding hydrogens is 284 g/mol. The SMILES string of the molecule is CCOC(=O)c1ccc(OCC(C)C)c(Br)c1. The zero-order valence-electron chi connectivity index (χ0n) is 10.3. The monoisotopic (exact) mass is 300 g/mol. The topological polar surface area (TPSA) is 35.5 Å². The molecule has 0 bridgehead atoms. The minimum Gasteiger partial charge on any atom is -0.492 e. The molecule has 0 aliphatic carbocycles. The Hall–Kier alpha value is -1.03. The van der Waals surface area contributed by atoms with E-state index in [2.05, 4.69) is 29.8 Å². The average molecular weight is 301 g/mol. The van der Waals surface area contributed by atoms with Crippen molar-refractivity contribution in [3.8, 4) is 5.75 Å². The molecule has 1 aromatic carbocycles. The van der Waals surface area contributed by atoms with E-state index in [0.717, 1.165) is 10.2 Å². The lowest BCUT2D eigenvalue weighted by molar-refractivity contribution is 0.0526. The van der Waals surface area contributed by atoms with Crippen LogP contribution in [0.1, 0.15) is 31.1 Å². The lowest BCUT2D eigenvalue weighted by Gasteiger charge is -2.11. The third-order valence-corrected chi connectivity index (χ3v) is 2.63. The van der Waals surface area contributed by atoms with Crippen LogP contribution in [-0.4, -0.2) is 19.2 Å². The fourth-order valence-electron chi connectivity index (χ4n) is 1.22. The molecule has 0 radical (unpaired) electrons. The van der Waals surface area contributed by atoms with Crippen LogP contribution in [0.3, 0.4) is 0 Å². The molecule has 0 spiro atoms. The third kappa shape index (κ3) is 4.38. The number of ether oxygens (including phenoxy) is 2. The zero-order valence-corrected chi connectivity index (χ0v) is 11.9. The van der Waals surface area contributed by atoms with Crippen molar-refractivity contribution in [2.45, 2.75) is 20.8 Å². The second kappa shape index (κ2) is 6.64. The van der Waals surface area contributed by atoms with E-state index in [9.17, 15) is 4.79 Å². The summed E-state index contributed by atoms with van der Waals surface area (Å²) in [4.78, 5) is 11.5. The quantitative estimate of drug-likeness (QED) is 0.779. The van der Waals surface area contributed by atoms with Crippen molar-refractivity contribution in [3.05, 3.63) is 28.2 Å². The molecule has 0 N–H and O–H groups in total. The van der Waals surface area contributed by atoms with E-state index in [1.165, 1.54) is 0 Å². The first-order valence-electron chi connectivity index (χ1n) is 5.64. The van der Waals surface area contributed by atoms with Gasteiger partial charge in [0.1, 0.15) is 5.75 Å². The fraction of sp³-hybridized carbons (Fsp3) is 0.462. The molecule has 0 heterocycles. The number of esters is 1. The van der Waals surface area contributed by atoms with Gasteiger partial charge in [-0.05, 0) is 47.0 Å². The summed E-state index contributed by atoms with van der Waals surface area (Å²) in [7, 11) is 0. The number of carbonyl (C=O) groups is 1. The van der Waals surface area contributed by atoms with Crippen LogP contribution in [0.4, 0.5) is 0 Å². The van der Waals surface area contributed by atoms with E-state index < -0.39 is 0 Å². The minimum atomic E-state index is -0.316. The smallest absolute Gasteiger partial charge is 0.338 e. The normalized spacial score (nSPS) is 10.4. The Morgan fingerprint density at radius 1 is 1.41 bits per heavy atom. The lowest BCUT2D eigenvalue weighted by Crippen LogP contribution is -2.07. The molecule has 0 aliphatic heterocycles. The highest BCUT2D eigenvalue weighted by molar-refractivity contribution is 9.10. The number of rotatable bonds is 5. The summed E-state index contributed by atoms with van der Waals surface area (Å²) in [6.45, 7) is 6.98. The van der Waals surface area contributed by atoms with Gasteiger partial charge in [-0.2, -0.15) is 0 Å². The Morgan fingerprint density at radius 3 is 2.65 bits per heavy atom. The molecule has 4 heteroatoms. The summed E-state index contributed by atoms with van der Waals surface area (Å²) in [6, 6.07) is 5.20. The fourth-order valence-corrected chi connectivity index (χ4v) is 1.71. The molecular formula is C13H17BrO3. The van der Waals surface area contributed by atoms with Gasteiger partial charge in [-0.25, -0.2) is 4.79 Å². The number of hydrogen-bond donors (Lipinski definition) is 0. The van der Waals surface area contributed by atoms with Crippen molar-refractivity contribution in [2.75, 3.05) is 13.2 Å². The molecule has 3 nitrogen and oxygen atoms in total. The second-order valence-corrected chi connectivity index (χ2v) is 4.92. The molecule has 0 fully saturated rings. The molecule has 0 saturated carbocycles. The van der Waals surface area contributed by atoms with Gasteiger partial charge in [0.25, 0.3) is 0 Å². The standard InChI is InChI=1S/C13H17BrO3/c1-4-16-13(15)10-5-6-12(11(14)7-10)17-8-9(2)3/h5-7,9H,4,8H2,1-3H3. The van der Waals surface area contributed by atoms with Crippen molar-refractivity contribution in [2.24, 2.45) is 5.92 Å². The largest absolute Gasteiger partial charge is 0.492 e. The van der Waals surface area contributed by atoms with E-state index in [1.54, 1.807) is 25.1 Å². The van der Waals surface area contributed by atoms with Crippen LogP contribution in [0.5, 0.6) is 5.75 Å². The van der Waals surface area contributed by atoms with Crippen molar-refractivity contribution in [1.29, 1.82) is 0 Å². The van der Waals surface area contributed by atoms with Crippen LogP contribution in [0, 0.1) is 5.92 Å². The number of carbonyl (C=O) groups excluding carboxylic acids is 1. The number of benzene rings is 1. The summed E-state index contributed by atoms with van der Waals surface area (Å²) in [5.74, 6) is 0.891. The van der Waals surface area contributed by atoms with Crippen LogP contribution in [0.2, 0.25) is 0 Å². The second-order valence-electron chi connectivity index (χ2n) is 4.07. The molecule has 17 heavy (non-hydrogen) atoms. The van der Waals surface area contributed by atoms with Gasteiger partial charge in [0, 0.05) is 0 Å². The van der Waals surface area contributed by atoms with Gasteiger partial charge in [-0.1, -0.05) is 13.8 Å². The minimum absolute atomic E-state index is 0.316. The van der Waals surface area contributed by atoms with Crippen LogP contribution in [0.15, 0.2) is 22.7 Å². The molecule has 0 saturated heterocycles. The highest BCUT2D eigenvalue weighted by atomic mass is 79.9. The van der Waals surface area contributed by atoms with Crippen LogP contribution >= 0.6 is 15.9 Å². The van der Waals surface area contributed by atoms with E-state index >= 15 is 0 Å². The van der Waals surface area contributed by atoms with Crippen LogP contribution < -0.4 is 4.74 Å². The maximum absolute atomic E-state index is 11.5. The Morgan fingerprint density at radius 2 is 2.12 bits per heavy atom. The summed E-state index contributed by atoms with van der Waals surface area (Å²) in [5.41, 5.74) is 0.524. The maximum Gasteiger partial charge on any atom is 0.338 e. The van der Waals surface area contributed by atoms with Gasteiger partial charge in [-0.15, -0.1) is 0 Å². The predicted octanol–water partition coefficient (Wildman–Crippen LogP) is 3.66. The molecule has 0 aromatic heterocycles. The Balaban J connectivity index is 2.75. The third-order valence-electron chi connectivity index (χ3n) is 2.02. The number of halogens is 1. The van der Waals surface area contributed by atoms with E-state index in [1.807, 2.05) is 0 Å².